The van der Waals surface area contributed by atoms with E-state index >= 15 is 0 Å². The Balaban J connectivity index is 1.48. The summed E-state index contributed by atoms with van der Waals surface area (Å²) in [7, 11) is 1.53. The van der Waals surface area contributed by atoms with E-state index in [1.165, 1.54) is 25.6 Å². The highest BCUT2D eigenvalue weighted by molar-refractivity contribution is 7.94. The van der Waals surface area contributed by atoms with Gasteiger partial charge in [-0.1, -0.05) is 56.5 Å². The first-order chi connectivity index (χ1) is 27.1. The van der Waals surface area contributed by atoms with E-state index in [-0.39, 0.29) is 23.8 Å². The molecule has 2 saturated heterocycles. The lowest BCUT2D eigenvalue weighted by atomic mass is 10.1. The van der Waals surface area contributed by atoms with Crippen molar-refractivity contribution in [2.24, 2.45) is 4.99 Å². The Morgan fingerprint density at radius 1 is 0.982 bits per heavy atom. The van der Waals surface area contributed by atoms with Crippen molar-refractivity contribution in [1.82, 2.24) is 4.90 Å². The lowest BCUT2D eigenvalue weighted by molar-refractivity contribution is -0.127. The SMILES string of the molecule is C=CC=CC/C=C(\C)C(=Nc1ccc(N2CCCC2)cc1C)N(C(C)=O)c1ccc(OCSO/C(C=C)=C(/C=C(\C)C(=O)N2CCCC2/C=C/CC)OC)cc1. The molecule has 1 atom stereocenters. The van der Waals surface area contributed by atoms with Crippen LogP contribution in [0.4, 0.5) is 17.1 Å². The van der Waals surface area contributed by atoms with Gasteiger partial charge in [0.2, 0.25) is 11.8 Å². The maximum Gasteiger partial charge on any atom is 0.250 e. The standard InChI is InChI=1S/C46H58N4O5S/c1-9-12-14-15-19-34(4)45(47-42-27-24-40(31-35(42)5)48-28-16-17-29-48)50(37(7)51)39-22-25-41(26-23-39)54-33-56-55-43(11-3)44(53-8)32-36(6)46(52)49-30-18-21-38(49)20-13-10-2/h9,11-14,19-20,22-27,31-32,38H,1,3,10,15-18,21,28-30,33H2,2,4-8H3/b14-12?,20-13+,34-19+,36-32+,44-43-,47-45?. The topological polar surface area (TPSA) is 83.9 Å². The Morgan fingerprint density at radius 3 is 2.38 bits per heavy atom. The Morgan fingerprint density at radius 2 is 1.73 bits per heavy atom. The van der Waals surface area contributed by atoms with Gasteiger partial charge in [0.05, 0.1) is 36.6 Å². The fourth-order valence-electron chi connectivity index (χ4n) is 6.63. The third kappa shape index (κ3) is 12.1. The third-order valence-corrected chi connectivity index (χ3v) is 10.1. The van der Waals surface area contributed by atoms with Gasteiger partial charge in [0.15, 0.2) is 17.5 Å². The summed E-state index contributed by atoms with van der Waals surface area (Å²) < 4.78 is 17.5. The van der Waals surface area contributed by atoms with Gasteiger partial charge in [-0.25, -0.2) is 4.99 Å². The second kappa shape index (κ2) is 22.4. The molecule has 2 aromatic rings. The molecule has 0 bridgehead atoms. The average molecular weight is 779 g/mol. The van der Waals surface area contributed by atoms with Crippen molar-refractivity contribution in [2.75, 3.05) is 42.5 Å². The quantitative estimate of drug-likeness (QED) is 0.0171. The number of allylic oxidation sites excluding steroid dienone is 7. The van der Waals surface area contributed by atoms with Crippen molar-refractivity contribution < 1.29 is 23.2 Å². The zero-order valence-electron chi connectivity index (χ0n) is 34.0. The minimum atomic E-state index is -0.167. The number of nitrogens with zero attached hydrogens (tertiary/aromatic N) is 4. The van der Waals surface area contributed by atoms with Crippen LogP contribution >= 0.6 is 12.0 Å². The molecule has 0 radical (unpaired) electrons. The number of aryl methyl sites for hydroxylation is 1. The highest BCUT2D eigenvalue weighted by Crippen LogP contribution is 2.30. The van der Waals surface area contributed by atoms with Gasteiger partial charge in [0.25, 0.3) is 0 Å². The van der Waals surface area contributed by atoms with Crippen LogP contribution in [-0.2, 0) is 18.5 Å². The molecule has 0 saturated carbocycles. The predicted octanol–water partition coefficient (Wildman–Crippen LogP) is 10.7. The number of carbonyl (C=O) groups excluding carboxylic acids is 2. The van der Waals surface area contributed by atoms with Crippen LogP contribution < -0.4 is 14.5 Å². The Kier molecular flexibility index (Phi) is 17.4. The van der Waals surface area contributed by atoms with Crippen LogP contribution in [0.15, 0.2) is 132 Å². The normalized spacial score (nSPS) is 17.0. The van der Waals surface area contributed by atoms with E-state index in [0.717, 1.165) is 67.8 Å². The molecule has 298 valence electrons. The highest BCUT2D eigenvalue weighted by Gasteiger charge is 2.28. The van der Waals surface area contributed by atoms with Gasteiger partial charge in [-0.2, -0.15) is 0 Å². The zero-order chi connectivity index (χ0) is 40.5. The van der Waals surface area contributed by atoms with Gasteiger partial charge in [-0.3, -0.25) is 14.5 Å². The fraction of sp³-hybridized carbons (Fsp3) is 0.370. The summed E-state index contributed by atoms with van der Waals surface area (Å²) in [6.07, 6.45) is 21.1. The monoisotopic (exact) mass is 778 g/mol. The Hall–Kier alpha value is -5.22. The number of hydrogen-bond donors (Lipinski definition) is 0. The summed E-state index contributed by atoms with van der Waals surface area (Å²) in [6, 6.07) is 13.8. The van der Waals surface area contributed by atoms with E-state index in [1.54, 1.807) is 37.0 Å². The maximum absolute atomic E-state index is 13.3. The number of rotatable bonds is 18. The number of anilines is 2. The average Bonchev–Trinajstić information content (AvgIpc) is 3.92. The number of aliphatic imine (C=N–C) groups is 1. The molecule has 1 unspecified atom stereocenters. The number of amidine groups is 1. The molecule has 56 heavy (non-hydrogen) atoms. The van der Waals surface area contributed by atoms with Crippen molar-refractivity contribution in [1.29, 1.82) is 0 Å². The van der Waals surface area contributed by atoms with Gasteiger partial charge in [-0.15, -0.1) is 0 Å². The smallest absolute Gasteiger partial charge is 0.250 e. The molecule has 9 nitrogen and oxygen atoms in total. The summed E-state index contributed by atoms with van der Waals surface area (Å²) in [5.41, 5.74) is 5.13. The van der Waals surface area contributed by atoms with Crippen molar-refractivity contribution >= 4 is 46.8 Å². The minimum absolute atomic E-state index is 0.0269. The van der Waals surface area contributed by atoms with Crippen LogP contribution in [0, 0.1) is 6.92 Å². The number of hydrogen-bond acceptors (Lipinski definition) is 8. The second-order valence-electron chi connectivity index (χ2n) is 13.7. The molecular formula is C46H58N4O5S. The fourth-order valence-corrected chi connectivity index (χ4v) is 7.14. The van der Waals surface area contributed by atoms with E-state index < -0.39 is 0 Å². The molecule has 2 fully saturated rings. The maximum atomic E-state index is 13.3. The molecule has 0 N–H and O–H groups in total. The molecular weight excluding hydrogens is 721 g/mol. The molecule has 4 rings (SSSR count). The van der Waals surface area contributed by atoms with E-state index in [2.05, 4.69) is 62.3 Å². The summed E-state index contributed by atoms with van der Waals surface area (Å²) in [5, 5.41) is 0. The summed E-state index contributed by atoms with van der Waals surface area (Å²) in [5.74, 6) is 1.88. The molecule has 2 amide bonds. The van der Waals surface area contributed by atoms with Gasteiger partial charge < -0.3 is 23.5 Å². The number of amides is 2. The lowest BCUT2D eigenvalue weighted by Gasteiger charge is -2.25. The van der Waals surface area contributed by atoms with Crippen molar-refractivity contribution in [3.8, 4) is 5.75 Å². The highest BCUT2D eigenvalue weighted by atomic mass is 32.2. The van der Waals surface area contributed by atoms with Crippen LogP contribution in [0.5, 0.6) is 5.75 Å². The molecule has 2 aliphatic heterocycles. The first-order valence-corrected chi connectivity index (χ1v) is 20.3. The molecule has 0 aliphatic carbocycles. The Bertz CT molecular complexity index is 1870. The molecule has 2 heterocycles. The van der Waals surface area contributed by atoms with E-state index in [0.29, 0.717) is 40.8 Å². The first-order valence-electron chi connectivity index (χ1n) is 19.4. The minimum Gasteiger partial charge on any atom is -0.493 e. The number of likely N-dealkylation sites (tertiary alicyclic amines) is 1. The van der Waals surface area contributed by atoms with Crippen LogP contribution in [0.25, 0.3) is 0 Å². The number of carbonyl (C=O) groups is 2. The van der Waals surface area contributed by atoms with E-state index in [4.69, 9.17) is 18.6 Å². The van der Waals surface area contributed by atoms with Gasteiger partial charge in [-0.05, 0) is 125 Å². The Labute approximate surface area is 338 Å². The van der Waals surface area contributed by atoms with Crippen molar-refractivity contribution in [2.45, 2.75) is 79.2 Å². The summed E-state index contributed by atoms with van der Waals surface area (Å²) in [6.45, 7) is 20.0. The first kappa shape index (κ1) is 43.5. The van der Waals surface area contributed by atoms with E-state index in [9.17, 15) is 9.59 Å². The molecule has 0 spiro atoms. The van der Waals surface area contributed by atoms with Gasteiger partial charge in [0, 0.05) is 37.8 Å². The third-order valence-electron chi connectivity index (χ3n) is 9.59. The number of methoxy groups -OCH3 is 1. The number of ether oxygens (including phenoxy) is 2. The molecule has 2 aromatic carbocycles. The zero-order valence-corrected chi connectivity index (χ0v) is 34.8. The van der Waals surface area contributed by atoms with Crippen LogP contribution in [-0.4, -0.2) is 61.3 Å². The molecule has 2 aliphatic rings. The second-order valence-corrected chi connectivity index (χ2v) is 14.3. The van der Waals surface area contributed by atoms with Gasteiger partial charge >= 0.3 is 0 Å². The van der Waals surface area contributed by atoms with Crippen LogP contribution in [0.2, 0.25) is 0 Å². The van der Waals surface area contributed by atoms with Gasteiger partial charge in [0.1, 0.15) is 11.6 Å². The largest absolute Gasteiger partial charge is 0.493 e. The molecule has 0 aromatic heterocycles. The molecule has 10 heteroatoms. The van der Waals surface area contributed by atoms with E-state index in [1.807, 2.05) is 54.3 Å². The summed E-state index contributed by atoms with van der Waals surface area (Å²) in [4.78, 5) is 37.7. The lowest BCUT2D eigenvalue weighted by Crippen LogP contribution is -2.36. The van der Waals surface area contributed by atoms with Crippen molar-refractivity contribution in [3.05, 3.63) is 132 Å². The van der Waals surface area contributed by atoms with Crippen LogP contribution in [0.1, 0.15) is 71.8 Å². The predicted molar refractivity (Wildman–Crippen MR) is 233 cm³/mol. The summed E-state index contributed by atoms with van der Waals surface area (Å²) >= 11 is 1.07. The van der Waals surface area contributed by atoms with Crippen molar-refractivity contribution in [3.63, 3.8) is 0 Å². The number of benzene rings is 2. The van der Waals surface area contributed by atoms with Crippen LogP contribution in [0.3, 0.4) is 0 Å².